The van der Waals surface area contributed by atoms with Crippen molar-refractivity contribution >= 4 is 11.8 Å². The molecule has 4 rings (SSSR count). The molecule has 24 heavy (non-hydrogen) atoms. The monoisotopic (exact) mass is 330 g/mol. The number of fused-ring (bicyclic) bond motifs is 1. The van der Waals surface area contributed by atoms with Gasteiger partial charge in [0.2, 0.25) is 18.6 Å². The first-order valence-electron chi connectivity index (χ1n) is 8.69. The SMILES string of the molecule is O=C(NC1CCCC1)C1CCC(=O)N1Cc1ccc2c(c1)OCO2. The molecule has 2 aliphatic heterocycles. The van der Waals surface area contributed by atoms with E-state index in [1.165, 1.54) is 12.8 Å². The first-order valence-corrected chi connectivity index (χ1v) is 8.69. The van der Waals surface area contributed by atoms with Crippen LogP contribution in [0.15, 0.2) is 18.2 Å². The molecule has 1 aliphatic carbocycles. The smallest absolute Gasteiger partial charge is 0.243 e. The fraction of sp³-hybridized carbons (Fsp3) is 0.556. The van der Waals surface area contributed by atoms with Gasteiger partial charge in [0.05, 0.1) is 0 Å². The van der Waals surface area contributed by atoms with Gasteiger partial charge in [-0.1, -0.05) is 18.9 Å². The third kappa shape index (κ3) is 2.92. The summed E-state index contributed by atoms with van der Waals surface area (Å²) in [5.41, 5.74) is 0.952. The molecule has 1 atom stereocenters. The van der Waals surface area contributed by atoms with E-state index >= 15 is 0 Å². The summed E-state index contributed by atoms with van der Waals surface area (Å²) in [6.45, 7) is 0.659. The second kappa shape index (κ2) is 6.34. The maximum absolute atomic E-state index is 12.6. The average Bonchev–Trinajstić information content (AvgIpc) is 3.29. The zero-order valence-electron chi connectivity index (χ0n) is 13.6. The van der Waals surface area contributed by atoms with Crippen LogP contribution in [0.2, 0.25) is 0 Å². The van der Waals surface area contributed by atoms with Crippen molar-refractivity contribution in [3.8, 4) is 11.5 Å². The Bertz CT molecular complexity index is 654. The molecule has 1 saturated carbocycles. The van der Waals surface area contributed by atoms with Gasteiger partial charge >= 0.3 is 0 Å². The minimum absolute atomic E-state index is 0.00602. The Morgan fingerprint density at radius 2 is 1.96 bits per heavy atom. The Balaban J connectivity index is 1.45. The lowest BCUT2D eigenvalue weighted by Crippen LogP contribution is -2.47. The lowest BCUT2D eigenvalue weighted by Gasteiger charge is -2.25. The molecule has 6 heteroatoms. The number of carbonyl (C=O) groups is 2. The number of ether oxygens (including phenoxy) is 2. The third-order valence-electron chi connectivity index (χ3n) is 5.12. The molecule has 1 aromatic rings. The van der Waals surface area contributed by atoms with E-state index in [2.05, 4.69) is 5.32 Å². The predicted molar refractivity (Wildman–Crippen MR) is 86.5 cm³/mol. The largest absolute Gasteiger partial charge is 0.454 e. The number of hydrogen-bond donors (Lipinski definition) is 1. The Hall–Kier alpha value is -2.24. The second-order valence-electron chi connectivity index (χ2n) is 6.75. The number of carbonyl (C=O) groups excluding carboxylic acids is 2. The maximum atomic E-state index is 12.6. The summed E-state index contributed by atoms with van der Waals surface area (Å²) in [5.74, 6) is 1.46. The maximum Gasteiger partial charge on any atom is 0.243 e. The van der Waals surface area contributed by atoms with Crippen molar-refractivity contribution in [3.63, 3.8) is 0 Å². The van der Waals surface area contributed by atoms with E-state index in [0.717, 1.165) is 24.2 Å². The molecule has 1 unspecified atom stereocenters. The van der Waals surface area contributed by atoms with Crippen LogP contribution < -0.4 is 14.8 Å². The lowest BCUT2D eigenvalue weighted by atomic mass is 10.1. The highest BCUT2D eigenvalue weighted by Crippen LogP contribution is 2.33. The van der Waals surface area contributed by atoms with Crippen LogP contribution in [0.4, 0.5) is 0 Å². The number of amides is 2. The number of benzene rings is 1. The van der Waals surface area contributed by atoms with Crippen molar-refractivity contribution in [1.29, 1.82) is 0 Å². The van der Waals surface area contributed by atoms with Crippen molar-refractivity contribution in [3.05, 3.63) is 23.8 Å². The van der Waals surface area contributed by atoms with Gasteiger partial charge in [-0.15, -0.1) is 0 Å². The lowest BCUT2D eigenvalue weighted by molar-refractivity contribution is -0.136. The highest BCUT2D eigenvalue weighted by molar-refractivity contribution is 5.91. The van der Waals surface area contributed by atoms with Crippen LogP contribution in [-0.2, 0) is 16.1 Å². The first kappa shape index (κ1) is 15.3. The fourth-order valence-electron chi connectivity index (χ4n) is 3.81. The van der Waals surface area contributed by atoms with Crippen molar-refractivity contribution < 1.29 is 19.1 Å². The fourth-order valence-corrected chi connectivity index (χ4v) is 3.81. The van der Waals surface area contributed by atoms with Gasteiger partial charge in [-0.25, -0.2) is 0 Å². The summed E-state index contributed by atoms with van der Waals surface area (Å²) < 4.78 is 10.7. The molecule has 6 nitrogen and oxygen atoms in total. The summed E-state index contributed by atoms with van der Waals surface area (Å²) in [4.78, 5) is 26.5. The van der Waals surface area contributed by atoms with Crippen LogP contribution in [0.3, 0.4) is 0 Å². The van der Waals surface area contributed by atoms with E-state index in [1.807, 2.05) is 18.2 Å². The minimum Gasteiger partial charge on any atom is -0.454 e. The highest BCUT2D eigenvalue weighted by Gasteiger charge is 2.37. The van der Waals surface area contributed by atoms with E-state index in [4.69, 9.17) is 9.47 Å². The van der Waals surface area contributed by atoms with E-state index in [9.17, 15) is 9.59 Å². The van der Waals surface area contributed by atoms with Crippen LogP contribution >= 0.6 is 0 Å². The van der Waals surface area contributed by atoms with Gasteiger partial charge in [-0.05, 0) is 37.0 Å². The van der Waals surface area contributed by atoms with Crippen LogP contribution in [0.25, 0.3) is 0 Å². The van der Waals surface area contributed by atoms with Gasteiger partial charge in [0, 0.05) is 19.0 Å². The van der Waals surface area contributed by atoms with Gasteiger partial charge in [-0.2, -0.15) is 0 Å². The standard InChI is InChI=1S/C18H22N2O4/c21-17-8-6-14(18(22)19-13-3-1-2-4-13)20(17)10-12-5-7-15-16(9-12)24-11-23-15/h5,7,9,13-14H,1-4,6,8,10-11H2,(H,19,22). The highest BCUT2D eigenvalue weighted by atomic mass is 16.7. The van der Waals surface area contributed by atoms with Crippen molar-refractivity contribution in [1.82, 2.24) is 10.2 Å². The molecule has 1 N–H and O–H groups in total. The molecule has 3 aliphatic rings. The summed E-state index contributed by atoms with van der Waals surface area (Å²) in [7, 11) is 0. The van der Waals surface area contributed by atoms with E-state index in [-0.39, 0.29) is 30.7 Å². The molecule has 1 aromatic carbocycles. The van der Waals surface area contributed by atoms with E-state index < -0.39 is 0 Å². The van der Waals surface area contributed by atoms with Crippen LogP contribution in [-0.4, -0.2) is 35.6 Å². The van der Waals surface area contributed by atoms with Crippen molar-refractivity contribution in [2.24, 2.45) is 0 Å². The molecule has 2 heterocycles. The van der Waals surface area contributed by atoms with Gasteiger partial charge < -0.3 is 19.7 Å². The van der Waals surface area contributed by atoms with Crippen molar-refractivity contribution in [2.45, 2.75) is 57.2 Å². The summed E-state index contributed by atoms with van der Waals surface area (Å²) >= 11 is 0. The zero-order valence-corrected chi connectivity index (χ0v) is 13.6. The average molecular weight is 330 g/mol. The molecule has 0 aromatic heterocycles. The van der Waals surface area contributed by atoms with E-state index in [0.29, 0.717) is 25.1 Å². The molecule has 0 radical (unpaired) electrons. The molecular weight excluding hydrogens is 308 g/mol. The molecule has 0 spiro atoms. The van der Waals surface area contributed by atoms with Crippen LogP contribution in [0.1, 0.15) is 44.1 Å². The van der Waals surface area contributed by atoms with Crippen molar-refractivity contribution in [2.75, 3.05) is 6.79 Å². The van der Waals surface area contributed by atoms with E-state index in [1.54, 1.807) is 4.90 Å². The molecule has 128 valence electrons. The predicted octanol–water partition coefficient (Wildman–Crippen LogP) is 1.97. The zero-order chi connectivity index (χ0) is 16.5. The summed E-state index contributed by atoms with van der Waals surface area (Å²) in [6.07, 6.45) is 5.49. The van der Waals surface area contributed by atoms with Gasteiger partial charge in [-0.3, -0.25) is 9.59 Å². The first-order chi connectivity index (χ1) is 11.7. The third-order valence-corrected chi connectivity index (χ3v) is 5.12. The molecule has 1 saturated heterocycles. The van der Waals surface area contributed by atoms with Gasteiger partial charge in [0.15, 0.2) is 11.5 Å². The molecule has 2 amide bonds. The Kier molecular flexibility index (Phi) is 4.04. The number of rotatable bonds is 4. The van der Waals surface area contributed by atoms with Gasteiger partial charge in [0.1, 0.15) is 6.04 Å². The van der Waals surface area contributed by atoms with Crippen LogP contribution in [0, 0.1) is 0 Å². The molecule has 2 fully saturated rings. The topological polar surface area (TPSA) is 67.9 Å². The number of hydrogen-bond acceptors (Lipinski definition) is 4. The minimum atomic E-state index is -0.358. The van der Waals surface area contributed by atoms with Crippen LogP contribution in [0.5, 0.6) is 11.5 Å². The number of likely N-dealkylation sites (tertiary alicyclic amines) is 1. The molecule has 0 bridgehead atoms. The van der Waals surface area contributed by atoms with Gasteiger partial charge in [0.25, 0.3) is 0 Å². The number of nitrogens with one attached hydrogen (secondary N) is 1. The Morgan fingerprint density at radius 1 is 1.17 bits per heavy atom. The Labute approximate surface area is 141 Å². The number of nitrogens with zero attached hydrogens (tertiary/aromatic N) is 1. The molecular formula is C18H22N2O4. The quantitative estimate of drug-likeness (QED) is 0.916. The summed E-state index contributed by atoms with van der Waals surface area (Å²) in [5, 5.41) is 3.12. The summed E-state index contributed by atoms with van der Waals surface area (Å²) in [6, 6.07) is 5.58. The second-order valence-corrected chi connectivity index (χ2v) is 6.75. The normalized spacial score (nSPS) is 23.1. The Morgan fingerprint density at radius 3 is 2.79 bits per heavy atom.